The zero-order valence-corrected chi connectivity index (χ0v) is 22.6. The topological polar surface area (TPSA) is 129 Å². The highest BCUT2D eigenvalue weighted by atomic mass is 35.5. The highest BCUT2D eigenvalue weighted by molar-refractivity contribution is 6.33. The molecule has 5 rings (SSSR count). The van der Waals surface area contributed by atoms with Crippen molar-refractivity contribution in [3.05, 3.63) is 100 Å². The smallest absolute Gasteiger partial charge is 0.255 e. The Kier molecular flexibility index (Phi) is 7.90. The molecule has 3 heterocycles. The summed E-state index contributed by atoms with van der Waals surface area (Å²) in [5.74, 6) is -0.357. The van der Waals surface area contributed by atoms with Gasteiger partial charge in [-0.15, -0.1) is 0 Å². The van der Waals surface area contributed by atoms with E-state index in [1.165, 1.54) is 29.8 Å². The summed E-state index contributed by atoms with van der Waals surface area (Å²) in [5, 5.41) is 16.1. The first kappa shape index (κ1) is 27.0. The van der Waals surface area contributed by atoms with Gasteiger partial charge in [0.05, 0.1) is 47.7 Å². The molecular weight excluding hydrogens is 532 g/mol. The Bertz CT molecular complexity index is 1550. The lowest BCUT2D eigenvalue weighted by atomic mass is 10.0. The molecule has 3 aromatic rings. The molecule has 3 N–H and O–H groups in total. The van der Waals surface area contributed by atoms with E-state index in [4.69, 9.17) is 16.3 Å². The Balaban J connectivity index is 1.32. The number of benzene rings is 2. The second-order valence-electron chi connectivity index (χ2n) is 9.43. The second kappa shape index (κ2) is 11.7. The summed E-state index contributed by atoms with van der Waals surface area (Å²) in [6.07, 6.45) is 7.44. The highest BCUT2D eigenvalue weighted by Crippen LogP contribution is 2.32. The molecule has 0 radical (unpaired) electrons. The highest BCUT2D eigenvalue weighted by Gasteiger charge is 2.35. The van der Waals surface area contributed by atoms with Crippen LogP contribution in [0.15, 0.2) is 78.1 Å². The van der Waals surface area contributed by atoms with Gasteiger partial charge in [-0.3, -0.25) is 14.6 Å². The number of nitrogens with zero attached hydrogens (tertiary/aromatic N) is 4. The molecule has 40 heavy (non-hydrogen) atoms. The van der Waals surface area contributed by atoms with Gasteiger partial charge in [-0.25, -0.2) is 9.97 Å². The zero-order valence-electron chi connectivity index (χ0n) is 21.8. The van der Waals surface area contributed by atoms with E-state index in [1.807, 2.05) is 43.3 Å². The number of carbonyl (C=O) groups excluding carboxylic acids is 2. The van der Waals surface area contributed by atoms with Crippen molar-refractivity contribution in [3.63, 3.8) is 0 Å². The molecule has 0 fully saturated rings. The second-order valence-corrected chi connectivity index (χ2v) is 9.83. The minimum absolute atomic E-state index is 0.260. The van der Waals surface area contributed by atoms with E-state index in [0.717, 1.165) is 16.7 Å². The summed E-state index contributed by atoms with van der Waals surface area (Å²) >= 11 is 6.43. The Hall–Kier alpha value is -4.54. The van der Waals surface area contributed by atoms with Crippen molar-refractivity contribution in [1.82, 2.24) is 20.2 Å². The lowest BCUT2D eigenvalue weighted by Crippen LogP contribution is -2.46. The number of rotatable bonds is 8. The number of ether oxygens (including phenoxy) is 1. The van der Waals surface area contributed by atoms with Crippen molar-refractivity contribution in [2.24, 2.45) is 4.99 Å². The maximum atomic E-state index is 13.4. The predicted molar refractivity (Wildman–Crippen MR) is 151 cm³/mol. The zero-order chi connectivity index (χ0) is 28.2. The predicted octanol–water partition coefficient (Wildman–Crippen LogP) is 4.13. The van der Waals surface area contributed by atoms with Crippen molar-refractivity contribution in [1.29, 1.82) is 0 Å². The molecule has 2 atom stereocenters. The quantitative estimate of drug-likeness (QED) is 0.379. The van der Waals surface area contributed by atoms with Crippen LogP contribution < -0.4 is 10.6 Å². The number of aromatic nitrogens is 2. The third-order valence-corrected chi connectivity index (χ3v) is 6.92. The lowest BCUT2D eigenvalue weighted by molar-refractivity contribution is -0.126. The van der Waals surface area contributed by atoms with E-state index in [0.29, 0.717) is 27.5 Å². The number of allylic oxidation sites excluding steroid dienone is 1. The number of aliphatic hydroxyl groups is 1. The minimum atomic E-state index is -0.758. The molecule has 2 aliphatic rings. The first-order chi connectivity index (χ1) is 19.3. The lowest BCUT2D eigenvalue weighted by Gasteiger charge is -2.26. The number of fused-ring (bicyclic) bond motifs is 1. The normalized spacial score (nSPS) is 15.6. The maximum Gasteiger partial charge on any atom is 0.255 e. The number of aliphatic hydroxyl groups excluding tert-OH is 1. The summed E-state index contributed by atoms with van der Waals surface area (Å²) < 4.78 is 5.19. The van der Waals surface area contributed by atoms with Gasteiger partial charge >= 0.3 is 0 Å². The number of aliphatic imine (C=N–C) groups is 1. The number of amides is 2. The van der Waals surface area contributed by atoms with E-state index >= 15 is 0 Å². The van der Waals surface area contributed by atoms with Crippen LogP contribution in [-0.2, 0) is 16.1 Å². The van der Waals surface area contributed by atoms with Gasteiger partial charge in [0.25, 0.3) is 5.91 Å². The van der Waals surface area contributed by atoms with Crippen LogP contribution in [0.25, 0.3) is 11.3 Å². The fourth-order valence-electron chi connectivity index (χ4n) is 4.50. The van der Waals surface area contributed by atoms with Crippen LogP contribution in [0, 0.1) is 6.92 Å². The van der Waals surface area contributed by atoms with Crippen molar-refractivity contribution >= 4 is 35.6 Å². The Labute approximate surface area is 236 Å². The summed E-state index contributed by atoms with van der Waals surface area (Å²) in [4.78, 5) is 40.8. The third kappa shape index (κ3) is 5.73. The molecule has 0 aliphatic carbocycles. The third-order valence-electron chi connectivity index (χ3n) is 6.64. The van der Waals surface area contributed by atoms with Crippen molar-refractivity contribution < 1.29 is 19.4 Å². The number of aryl methyl sites for hydroxylation is 1. The van der Waals surface area contributed by atoms with E-state index in [-0.39, 0.29) is 30.9 Å². The largest absolute Gasteiger partial charge is 0.469 e. The average molecular weight is 559 g/mol. The minimum Gasteiger partial charge on any atom is -0.469 e. The fraction of sp³-hybridized carbons (Fsp3) is 0.207. The van der Waals surface area contributed by atoms with Crippen LogP contribution in [0.3, 0.4) is 0 Å². The van der Waals surface area contributed by atoms with E-state index in [2.05, 4.69) is 25.6 Å². The molecule has 11 heteroatoms. The van der Waals surface area contributed by atoms with Gasteiger partial charge in [0.15, 0.2) is 0 Å². The Morgan fingerprint density at radius 1 is 1.25 bits per heavy atom. The van der Waals surface area contributed by atoms with Crippen LogP contribution >= 0.6 is 11.6 Å². The maximum absolute atomic E-state index is 13.4. The SMILES string of the molecule is Cc1cccc(C(CO)NC(=O)C(C)N2Cc3ccc(-c4nc(NC5=COC=CN=C5)ncc4Cl)cc3C2=O)c1. The van der Waals surface area contributed by atoms with E-state index in [9.17, 15) is 14.7 Å². The molecular formula is C29H27ClN6O4. The first-order valence-corrected chi connectivity index (χ1v) is 13.0. The van der Waals surface area contributed by atoms with Gasteiger partial charge in [-0.05, 0) is 31.0 Å². The average Bonchev–Trinajstić information content (AvgIpc) is 3.10. The van der Waals surface area contributed by atoms with Crippen molar-refractivity contribution in [2.45, 2.75) is 32.5 Å². The summed E-state index contributed by atoms with van der Waals surface area (Å²) in [5.41, 5.74) is 4.68. The molecule has 2 unspecified atom stereocenters. The van der Waals surface area contributed by atoms with Crippen LogP contribution in [0.1, 0.15) is 40.0 Å². The summed E-state index contributed by atoms with van der Waals surface area (Å²) in [6.45, 7) is 3.64. The molecule has 2 amide bonds. The molecule has 0 spiro atoms. The number of hydrogen-bond acceptors (Lipinski definition) is 8. The first-order valence-electron chi connectivity index (χ1n) is 12.6. The molecule has 204 valence electrons. The standard InChI is InChI=1S/C29H27ClN6O4/c1-17-4-3-5-19(10-17)25(15-37)34-27(38)18(2)36-14-21-7-6-20(11-23(21)28(36)39)26-24(30)13-32-29(35-26)33-22-12-31-8-9-40-16-22/h3-13,16,18,25,37H,14-15H2,1-2H3,(H,34,38)(H,32,33,35). The van der Waals surface area contributed by atoms with Crippen molar-refractivity contribution in [2.75, 3.05) is 11.9 Å². The molecule has 0 saturated carbocycles. The molecule has 2 aromatic carbocycles. The number of anilines is 1. The number of nitrogens with one attached hydrogen (secondary N) is 2. The molecule has 10 nitrogen and oxygen atoms in total. The molecule has 2 aliphatic heterocycles. The molecule has 0 saturated heterocycles. The summed E-state index contributed by atoms with van der Waals surface area (Å²) in [7, 11) is 0. The van der Waals surface area contributed by atoms with Gasteiger partial charge in [0, 0.05) is 17.7 Å². The van der Waals surface area contributed by atoms with E-state index < -0.39 is 12.1 Å². The molecule has 1 aromatic heterocycles. The summed E-state index contributed by atoms with van der Waals surface area (Å²) in [6, 6.07) is 11.6. The van der Waals surface area contributed by atoms with Crippen LogP contribution in [-0.4, -0.2) is 50.7 Å². The Morgan fingerprint density at radius 2 is 2.10 bits per heavy atom. The van der Waals surface area contributed by atoms with Crippen LogP contribution in [0.4, 0.5) is 5.95 Å². The van der Waals surface area contributed by atoms with Gasteiger partial charge in [0.1, 0.15) is 18.6 Å². The van der Waals surface area contributed by atoms with Gasteiger partial charge in [-0.1, -0.05) is 53.6 Å². The number of carbonyl (C=O) groups is 2. The van der Waals surface area contributed by atoms with Gasteiger partial charge in [-0.2, -0.15) is 0 Å². The number of halogens is 1. The number of hydrogen-bond donors (Lipinski definition) is 3. The Morgan fingerprint density at radius 3 is 2.90 bits per heavy atom. The fourth-order valence-corrected chi connectivity index (χ4v) is 4.70. The van der Waals surface area contributed by atoms with Gasteiger partial charge in [0.2, 0.25) is 11.9 Å². The van der Waals surface area contributed by atoms with Crippen molar-refractivity contribution in [3.8, 4) is 11.3 Å². The van der Waals surface area contributed by atoms with Crippen LogP contribution in [0.2, 0.25) is 5.02 Å². The molecule has 0 bridgehead atoms. The van der Waals surface area contributed by atoms with Crippen LogP contribution in [0.5, 0.6) is 0 Å². The van der Waals surface area contributed by atoms with Gasteiger partial charge < -0.3 is 25.4 Å². The van der Waals surface area contributed by atoms with E-state index in [1.54, 1.807) is 19.2 Å². The monoisotopic (exact) mass is 558 g/mol.